The van der Waals surface area contributed by atoms with Gasteiger partial charge in [-0.1, -0.05) is 6.42 Å². The van der Waals surface area contributed by atoms with Crippen LogP contribution < -0.4 is 5.32 Å². The molecule has 16 heavy (non-hydrogen) atoms. The molecule has 0 aromatic heterocycles. The van der Waals surface area contributed by atoms with Gasteiger partial charge in [0.05, 0.1) is 6.61 Å². The Hall–Kier alpha value is -0.120. The maximum Gasteiger partial charge on any atom is 0.0502 e. The molecule has 2 fully saturated rings. The molecule has 1 aliphatic heterocycles. The van der Waals surface area contributed by atoms with E-state index in [4.69, 9.17) is 0 Å². The molecule has 3 nitrogen and oxygen atoms in total. The Bertz CT molecular complexity index is 222. The lowest BCUT2D eigenvalue weighted by atomic mass is 9.60. The topological polar surface area (TPSA) is 35.5 Å². The minimum Gasteiger partial charge on any atom is -0.396 e. The Balaban J connectivity index is 2.03. The summed E-state index contributed by atoms with van der Waals surface area (Å²) < 4.78 is 0. The third-order valence-corrected chi connectivity index (χ3v) is 4.77. The monoisotopic (exact) mass is 226 g/mol. The lowest BCUT2D eigenvalue weighted by Crippen LogP contribution is -2.57. The number of hydrogen-bond acceptors (Lipinski definition) is 3. The summed E-state index contributed by atoms with van der Waals surface area (Å²) in [6.45, 7) is 2.78. The van der Waals surface area contributed by atoms with E-state index in [9.17, 15) is 5.11 Å². The Morgan fingerprint density at radius 3 is 2.62 bits per heavy atom. The molecule has 3 heteroatoms. The van der Waals surface area contributed by atoms with Gasteiger partial charge in [-0.25, -0.2) is 0 Å². The molecule has 2 rings (SSSR count). The van der Waals surface area contributed by atoms with E-state index in [0.717, 1.165) is 5.92 Å². The van der Waals surface area contributed by atoms with Gasteiger partial charge in [-0.3, -0.25) is 0 Å². The van der Waals surface area contributed by atoms with Gasteiger partial charge >= 0.3 is 0 Å². The molecule has 1 saturated heterocycles. The molecule has 0 aromatic rings. The highest BCUT2D eigenvalue weighted by molar-refractivity contribution is 5.00. The minimum absolute atomic E-state index is 0.192. The summed E-state index contributed by atoms with van der Waals surface area (Å²) in [4.78, 5) is 2.43. The van der Waals surface area contributed by atoms with Crippen LogP contribution in [-0.2, 0) is 0 Å². The Morgan fingerprint density at radius 2 is 2.19 bits per heavy atom. The highest BCUT2D eigenvalue weighted by Gasteiger charge is 2.46. The predicted octanol–water partition coefficient (Wildman–Crippen LogP) is 1.08. The van der Waals surface area contributed by atoms with Crippen LogP contribution in [0.2, 0.25) is 0 Å². The van der Waals surface area contributed by atoms with Crippen LogP contribution >= 0.6 is 0 Å². The number of nitrogens with one attached hydrogen (secondary N) is 1. The second-order valence-corrected chi connectivity index (χ2v) is 5.80. The number of aliphatic hydroxyl groups excluding tert-OH is 1. The fraction of sp³-hybridized carbons (Fsp3) is 1.00. The van der Waals surface area contributed by atoms with Crippen LogP contribution in [0.25, 0.3) is 0 Å². The molecule has 0 spiro atoms. The molecule has 0 amide bonds. The molecule has 1 saturated carbocycles. The fourth-order valence-corrected chi connectivity index (χ4v) is 3.72. The molecule has 0 radical (unpaired) electrons. The van der Waals surface area contributed by atoms with E-state index in [0.29, 0.717) is 12.6 Å². The molecule has 2 aliphatic rings. The second kappa shape index (κ2) is 5.03. The number of likely N-dealkylation sites (tertiary alicyclic amines) is 1. The van der Waals surface area contributed by atoms with Crippen LogP contribution in [-0.4, -0.2) is 49.8 Å². The molecule has 2 N–H and O–H groups in total. The first kappa shape index (κ1) is 12.3. The van der Waals surface area contributed by atoms with Gasteiger partial charge in [-0.15, -0.1) is 0 Å². The number of aliphatic hydroxyl groups is 1. The highest BCUT2D eigenvalue weighted by Crippen LogP contribution is 2.46. The lowest BCUT2D eigenvalue weighted by Gasteiger charge is -2.51. The first-order valence-electron chi connectivity index (χ1n) is 6.68. The third-order valence-electron chi connectivity index (χ3n) is 4.77. The zero-order valence-corrected chi connectivity index (χ0v) is 10.7. The van der Waals surface area contributed by atoms with E-state index in [1.165, 1.54) is 45.2 Å². The average molecular weight is 226 g/mol. The minimum atomic E-state index is 0.192. The van der Waals surface area contributed by atoms with Gasteiger partial charge in [-0.05, 0) is 52.2 Å². The average Bonchev–Trinajstić information content (AvgIpc) is 2.23. The van der Waals surface area contributed by atoms with E-state index in [2.05, 4.69) is 24.3 Å². The standard InChI is InChI=1S/C13H26N2O/c1-14-12(13(10-16)6-4-7-13)11-5-3-8-15(2)9-11/h11-12,14,16H,3-10H2,1-2H3. The number of rotatable bonds is 4. The van der Waals surface area contributed by atoms with Crippen molar-refractivity contribution in [2.75, 3.05) is 33.8 Å². The van der Waals surface area contributed by atoms with Crippen molar-refractivity contribution in [1.82, 2.24) is 10.2 Å². The maximum atomic E-state index is 9.68. The number of piperidine rings is 1. The van der Waals surface area contributed by atoms with Crippen LogP contribution in [0.1, 0.15) is 32.1 Å². The summed E-state index contributed by atoms with van der Waals surface area (Å²) in [5.41, 5.74) is 0.192. The smallest absolute Gasteiger partial charge is 0.0502 e. The fourth-order valence-electron chi connectivity index (χ4n) is 3.72. The summed E-state index contributed by atoms with van der Waals surface area (Å²) >= 11 is 0. The normalized spacial score (nSPS) is 32.1. The quantitative estimate of drug-likeness (QED) is 0.753. The molecule has 0 bridgehead atoms. The van der Waals surface area contributed by atoms with Crippen molar-refractivity contribution in [2.24, 2.45) is 11.3 Å². The van der Waals surface area contributed by atoms with E-state index in [1.807, 2.05) is 0 Å². The van der Waals surface area contributed by atoms with Crippen LogP contribution in [0, 0.1) is 11.3 Å². The van der Waals surface area contributed by atoms with Crippen LogP contribution in [0.4, 0.5) is 0 Å². The molecule has 94 valence electrons. The van der Waals surface area contributed by atoms with E-state index >= 15 is 0 Å². The summed E-state index contributed by atoms with van der Waals surface area (Å²) in [5.74, 6) is 0.719. The zero-order chi connectivity index (χ0) is 11.6. The maximum absolute atomic E-state index is 9.68. The Kier molecular flexibility index (Phi) is 3.88. The Labute approximate surface area is 99.2 Å². The lowest BCUT2D eigenvalue weighted by molar-refractivity contribution is -0.0238. The first-order chi connectivity index (χ1) is 7.72. The summed E-state index contributed by atoms with van der Waals surface area (Å²) in [6, 6.07) is 0.508. The van der Waals surface area contributed by atoms with Crippen LogP contribution in [0.3, 0.4) is 0 Å². The SMILES string of the molecule is CNC(C1CCCN(C)C1)C1(CO)CCC1. The molecule has 2 atom stereocenters. The highest BCUT2D eigenvalue weighted by atomic mass is 16.3. The largest absolute Gasteiger partial charge is 0.396 e. The van der Waals surface area contributed by atoms with Crippen molar-refractivity contribution in [2.45, 2.75) is 38.1 Å². The van der Waals surface area contributed by atoms with Crippen molar-refractivity contribution in [3.63, 3.8) is 0 Å². The number of nitrogens with zero attached hydrogens (tertiary/aromatic N) is 1. The van der Waals surface area contributed by atoms with Gasteiger partial charge < -0.3 is 15.3 Å². The van der Waals surface area contributed by atoms with E-state index < -0.39 is 0 Å². The molecule has 1 heterocycles. The van der Waals surface area contributed by atoms with Crippen molar-refractivity contribution in [3.05, 3.63) is 0 Å². The summed E-state index contributed by atoms with van der Waals surface area (Å²) in [7, 11) is 4.28. The Morgan fingerprint density at radius 1 is 1.44 bits per heavy atom. The van der Waals surface area contributed by atoms with Gasteiger partial charge in [-0.2, -0.15) is 0 Å². The van der Waals surface area contributed by atoms with Crippen molar-refractivity contribution >= 4 is 0 Å². The van der Waals surface area contributed by atoms with Gasteiger partial charge in [0.25, 0.3) is 0 Å². The van der Waals surface area contributed by atoms with Gasteiger partial charge in [0.15, 0.2) is 0 Å². The van der Waals surface area contributed by atoms with Crippen molar-refractivity contribution in [3.8, 4) is 0 Å². The molecule has 2 unspecified atom stereocenters. The summed E-state index contributed by atoms with van der Waals surface area (Å²) in [6.07, 6.45) is 6.32. The zero-order valence-electron chi connectivity index (χ0n) is 10.7. The molecular formula is C13H26N2O. The molecular weight excluding hydrogens is 200 g/mol. The van der Waals surface area contributed by atoms with Gasteiger partial charge in [0.2, 0.25) is 0 Å². The van der Waals surface area contributed by atoms with Crippen LogP contribution in [0.15, 0.2) is 0 Å². The third kappa shape index (κ3) is 2.13. The predicted molar refractivity (Wildman–Crippen MR) is 66.4 cm³/mol. The van der Waals surface area contributed by atoms with Gasteiger partial charge in [0, 0.05) is 18.0 Å². The first-order valence-corrected chi connectivity index (χ1v) is 6.68. The summed E-state index contributed by atoms with van der Waals surface area (Å²) in [5, 5.41) is 13.2. The second-order valence-electron chi connectivity index (χ2n) is 5.80. The molecule has 0 aromatic carbocycles. The number of hydrogen-bond donors (Lipinski definition) is 2. The molecule has 1 aliphatic carbocycles. The van der Waals surface area contributed by atoms with Gasteiger partial charge in [0.1, 0.15) is 0 Å². The van der Waals surface area contributed by atoms with Crippen LogP contribution in [0.5, 0.6) is 0 Å². The van der Waals surface area contributed by atoms with Crippen molar-refractivity contribution in [1.29, 1.82) is 0 Å². The van der Waals surface area contributed by atoms with E-state index in [-0.39, 0.29) is 5.41 Å². The van der Waals surface area contributed by atoms with E-state index in [1.54, 1.807) is 0 Å². The van der Waals surface area contributed by atoms with Crippen molar-refractivity contribution < 1.29 is 5.11 Å².